The Hall–Kier alpha value is -7.19. The zero-order valence-electron chi connectivity index (χ0n) is 53.3. The monoisotopic (exact) mass is 1270 g/mol. The standard InChI is InChI=1S/C66H89ClN5O16P/c1-13-33-82-62(78)69-52(25-18-19-31-68-61(77)85-64(4,5)6)55(74)36-45-27-29-46(30-28-45)41-84-63(79)70-53-37-56(43(2)35-51(53)60(76)71-32-21-22-48(71)42-83-44(3)73)81-34-20-14-15-26-58(75)72-40-47(39-67)59-50-24-17-16-23-49(50)57(38-54(59)72)86-89(80,87-65(7,8)9)88-66(10,11)12/h13,16-17,23-24,27-30,35,37-38,47-48,52H,1,14-15,18-22,25-26,31-34,36,39-42H2,2-12H3,(H,68,77)(H,69,78)(H,70,79)/t47-,48+,52+/m1/s1. The van der Waals surface area contributed by atoms with E-state index in [1.807, 2.05) is 24.3 Å². The van der Waals surface area contributed by atoms with Gasteiger partial charge in [-0.1, -0.05) is 61.2 Å². The summed E-state index contributed by atoms with van der Waals surface area (Å²) in [6.45, 7) is 23.7. The second-order valence-corrected chi connectivity index (χ2v) is 27.0. The Bertz CT molecular complexity index is 3190. The number of benzene rings is 4. The number of alkyl halides is 1. The smallest absolute Gasteiger partial charge is 0.493 e. The maximum Gasteiger partial charge on any atom is 0.531 e. The topological polar surface area (TPSA) is 253 Å². The summed E-state index contributed by atoms with van der Waals surface area (Å²) in [5.41, 5.74) is 1.33. The molecule has 0 aromatic heterocycles. The molecule has 0 unspecified atom stereocenters. The predicted molar refractivity (Wildman–Crippen MR) is 341 cm³/mol. The predicted octanol–water partition coefficient (Wildman–Crippen LogP) is 13.6. The van der Waals surface area contributed by atoms with Crippen LogP contribution in [0.15, 0.2) is 79.4 Å². The van der Waals surface area contributed by atoms with Crippen LogP contribution in [0.2, 0.25) is 0 Å². The Morgan fingerprint density at radius 3 is 2.12 bits per heavy atom. The summed E-state index contributed by atoms with van der Waals surface area (Å²) >= 11 is 6.58. The van der Waals surface area contributed by atoms with Crippen LogP contribution in [0.4, 0.5) is 25.8 Å². The van der Waals surface area contributed by atoms with Crippen molar-refractivity contribution in [3.05, 3.63) is 107 Å². The number of amides is 5. The molecule has 1 saturated heterocycles. The van der Waals surface area contributed by atoms with Crippen LogP contribution >= 0.6 is 19.4 Å². The van der Waals surface area contributed by atoms with Crippen molar-refractivity contribution in [1.82, 2.24) is 15.5 Å². The van der Waals surface area contributed by atoms with Crippen molar-refractivity contribution in [2.45, 2.75) is 182 Å². The van der Waals surface area contributed by atoms with E-state index >= 15 is 0 Å². The zero-order valence-corrected chi connectivity index (χ0v) is 55.0. The molecule has 2 aliphatic rings. The number of hydrogen-bond donors (Lipinski definition) is 3. The molecule has 0 spiro atoms. The number of ketones is 1. The van der Waals surface area contributed by atoms with Gasteiger partial charge in [0.2, 0.25) is 5.91 Å². The number of nitrogens with zero attached hydrogens (tertiary/aromatic N) is 2. The van der Waals surface area contributed by atoms with Crippen LogP contribution in [-0.4, -0.2) is 121 Å². The Kier molecular flexibility index (Phi) is 25.5. The molecular weight excluding hydrogens is 1190 g/mol. The van der Waals surface area contributed by atoms with Crippen molar-refractivity contribution in [1.29, 1.82) is 0 Å². The summed E-state index contributed by atoms with van der Waals surface area (Å²) < 4.78 is 60.2. The molecule has 0 aliphatic carbocycles. The van der Waals surface area contributed by atoms with Crippen molar-refractivity contribution < 1.29 is 75.4 Å². The molecule has 486 valence electrons. The van der Waals surface area contributed by atoms with E-state index in [1.54, 1.807) is 122 Å². The lowest BCUT2D eigenvalue weighted by Crippen LogP contribution is -2.42. The van der Waals surface area contributed by atoms with Crippen LogP contribution in [0.25, 0.3) is 10.8 Å². The highest BCUT2D eigenvalue weighted by molar-refractivity contribution is 7.49. The number of halogens is 1. The SMILES string of the molecule is C=CCOC(=O)N[C@@H](CCCCNC(=O)OC(C)(C)C)C(=O)Cc1ccc(COC(=O)Nc2cc(OCCCCCC(=O)N3C[C@@H](CCl)c4c3cc(OP(=O)(OC(C)(C)C)OC(C)(C)C)c3ccccc43)c(C)cc2C(=O)N2CCC[C@H]2COC(C)=O)cc1. The number of likely N-dealkylation sites (tertiary alicyclic amines) is 1. The normalized spacial score (nSPS) is 15.4. The average molecular weight is 1270 g/mol. The molecule has 1 fully saturated rings. The number of hydrogen-bond acceptors (Lipinski definition) is 16. The van der Waals surface area contributed by atoms with Crippen molar-refractivity contribution in [3.63, 3.8) is 0 Å². The van der Waals surface area contributed by atoms with Crippen LogP contribution in [0.5, 0.6) is 11.5 Å². The van der Waals surface area contributed by atoms with Gasteiger partial charge in [-0.25, -0.2) is 18.9 Å². The minimum Gasteiger partial charge on any atom is -0.493 e. The van der Waals surface area contributed by atoms with Crippen LogP contribution in [0.3, 0.4) is 0 Å². The maximum atomic E-state index is 14.4. The molecule has 0 saturated carbocycles. The van der Waals surface area contributed by atoms with Crippen LogP contribution in [0.1, 0.15) is 166 Å². The molecule has 5 amide bonds. The summed E-state index contributed by atoms with van der Waals surface area (Å²) in [7, 11) is -4.22. The second-order valence-electron chi connectivity index (χ2n) is 25.2. The number of ether oxygens (including phenoxy) is 5. The first kappa shape index (κ1) is 70.9. The number of unbranched alkanes of at least 4 members (excludes halogenated alkanes) is 3. The van der Waals surface area contributed by atoms with Gasteiger partial charge < -0.3 is 48.6 Å². The molecule has 3 N–H and O–H groups in total. The number of aryl methyl sites for hydroxylation is 1. The van der Waals surface area contributed by atoms with Gasteiger partial charge in [0.1, 0.15) is 36.9 Å². The molecule has 0 bridgehead atoms. The van der Waals surface area contributed by atoms with Crippen molar-refractivity contribution in [3.8, 4) is 11.5 Å². The van der Waals surface area contributed by atoms with Gasteiger partial charge in [0.25, 0.3) is 5.91 Å². The fraction of sp³-hybridized carbons (Fsp3) is 0.530. The number of carbonyl (C=O) groups is 7. The van der Waals surface area contributed by atoms with Gasteiger partial charge in [0, 0.05) is 68.7 Å². The van der Waals surface area contributed by atoms with Crippen LogP contribution in [0, 0.1) is 6.92 Å². The van der Waals surface area contributed by atoms with Gasteiger partial charge in [-0.05, 0) is 154 Å². The number of fused-ring (bicyclic) bond motifs is 3. The third kappa shape index (κ3) is 22.1. The van der Waals surface area contributed by atoms with E-state index in [0.717, 1.165) is 10.9 Å². The second kappa shape index (κ2) is 32.0. The minimum absolute atomic E-state index is 0.0197. The van der Waals surface area contributed by atoms with Crippen molar-refractivity contribution in [2.24, 2.45) is 0 Å². The number of carbonyl (C=O) groups excluding carboxylic acids is 7. The largest absolute Gasteiger partial charge is 0.531 e. The average Bonchev–Trinajstić information content (AvgIpc) is 1.70. The summed E-state index contributed by atoms with van der Waals surface area (Å²) in [5.74, 6) is -0.451. The fourth-order valence-electron chi connectivity index (χ4n) is 10.3. The molecule has 2 aliphatic heterocycles. The molecule has 4 aromatic rings. The highest BCUT2D eigenvalue weighted by atomic mass is 35.5. The zero-order chi connectivity index (χ0) is 65.3. The van der Waals surface area contributed by atoms with Crippen molar-refractivity contribution >= 4 is 83.4 Å². The Morgan fingerprint density at radius 2 is 1.47 bits per heavy atom. The quantitative estimate of drug-likeness (QED) is 0.0114. The van der Waals surface area contributed by atoms with Gasteiger partial charge in [0.15, 0.2) is 5.78 Å². The van der Waals surface area contributed by atoms with Gasteiger partial charge >= 0.3 is 32.1 Å². The first-order valence-electron chi connectivity index (χ1n) is 30.4. The number of rotatable bonds is 29. The lowest BCUT2D eigenvalue weighted by Gasteiger charge is -2.31. The molecule has 3 atom stereocenters. The van der Waals surface area contributed by atoms with Gasteiger partial charge in [-0.2, -0.15) is 0 Å². The fourth-order valence-corrected chi connectivity index (χ4v) is 12.4. The van der Waals surface area contributed by atoms with E-state index < -0.39 is 54.9 Å². The number of esters is 1. The summed E-state index contributed by atoms with van der Waals surface area (Å²) in [6.07, 6.45) is 3.82. The molecule has 89 heavy (non-hydrogen) atoms. The van der Waals surface area contributed by atoms with Crippen LogP contribution in [-0.2, 0) is 60.0 Å². The molecule has 6 rings (SSSR count). The number of alkyl carbamates (subject to hydrolysis) is 2. The number of phosphoric acid groups is 1. The van der Waals surface area contributed by atoms with E-state index in [4.69, 9.17) is 48.9 Å². The Labute approximate surface area is 528 Å². The highest BCUT2D eigenvalue weighted by Gasteiger charge is 2.41. The van der Waals surface area contributed by atoms with Gasteiger partial charge in [-0.15, -0.1) is 11.6 Å². The molecular formula is C66H89ClN5O16P. The van der Waals surface area contributed by atoms with Gasteiger partial charge in [0.05, 0.1) is 46.8 Å². The number of anilines is 2. The van der Waals surface area contributed by atoms with E-state index in [2.05, 4.69) is 22.5 Å². The molecule has 23 heteroatoms. The van der Waals surface area contributed by atoms with E-state index in [0.29, 0.717) is 105 Å². The minimum atomic E-state index is -4.22. The summed E-state index contributed by atoms with van der Waals surface area (Å²) in [6, 6.07) is 18.2. The third-order valence-corrected chi connectivity index (χ3v) is 16.5. The van der Waals surface area contributed by atoms with E-state index in [-0.39, 0.29) is 91.7 Å². The first-order valence-corrected chi connectivity index (χ1v) is 32.3. The highest BCUT2D eigenvalue weighted by Crippen LogP contribution is 2.57. The lowest BCUT2D eigenvalue weighted by molar-refractivity contribution is -0.142. The summed E-state index contributed by atoms with van der Waals surface area (Å²) in [5, 5.41) is 9.60. The Morgan fingerprint density at radius 1 is 0.787 bits per heavy atom. The van der Waals surface area contributed by atoms with E-state index in [1.165, 1.54) is 13.0 Å². The van der Waals surface area contributed by atoms with Crippen molar-refractivity contribution in [2.75, 3.05) is 55.6 Å². The summed E-state index contributed by atoms with van der Waals surface area (Å²) in [4.78, 5) is 95.4. The third-order valence-electron chi connectivity index (χ3n) is 14.2. The Balaban J connectivity index is 1.09. The molecule has 21 nitrogen and oxygen atoms in total. The lowest BCUT2D eigenvalue weighted by atomic mass is 9.95. The van der Waals surface area contributed by atoms with Gasteiger partial charge in [-0.3, -0.25) is 33.5 Å². The maximum absolute atomic E-state index is 14.4. The van der Waals surface area contributed by atoms with Crippen LogP contribution < -0.4 is 30.1 Å². The molecule has 2 heterocycles. The van der Waals surface area contributed by atoms with E-state index in [9.17, 15) is 38.1 Å². The first-order chi connectivity index (χ1) is 41.9. The number of nitrogens with one attached hydrogen (secondary N) is 3. The number of phosphoric ester groups is 1. The molecule has 0 radical (unpaired) electrons. The number of Topliss-reactive ketones (excluding diaryl/α,β-unsaturated/α-hetero) is 1. The molecule has 4 aromatic carbocycles.